The summed E-state index contributed by atoms with van der Waals surface area (Å²) in [5.41, 5.74) is 2.15. The van der Waals surface area contributed by atoms with E-state index >= 15 is 0 Å². The predicted molar refractivity (Wildman–Crippen MR) is 114 cm³/mol. The highest BCUT2D eigenvalue weighted by atomic mass is 35.5. The van der Waals surface area contributed by atoms with Gasteiger partial charge >= 0.3 is 0 Å². The summed E-state index contributed by atoms with van der Waals surface area (Å²) in [5, 5.41) is 7.46. The summed E-state index contributed by atoms with van der Waals surface area (Å²) < 4.78 is 6.20. The van der Waals surface area contributed by atoms with Crippen molar-refractivity contribution in [1.82, 2.24) is 5.32 Å². The number of fused-ring (bicyclic) bond motifs is 1. The fourth-order valence-electron chi connectivity index (χ4n) is 3.80. The van der Waals surface area contributed by atoms with E-state index in [2.05, 4.69) is 41.7 Å². The molecule has 1 aliphatic carbocycles. The highest BCUT2D eigenvalue weighted by Gasteiger charge is 2.16. The standard InChI is InChI=1S/C23H23Cl2NO/c24-18-11-9-17(22(25)13-18)15-27-23-12-10-16-5-1-4-8-20(16)21(23)14-26-19-6-2-3-7-19/h1,4-5,8-13,19,26H,2-3,6-7,14-15H2. The van der Waals surface area contributed by atoms with Gasteiger partial charge in [-0.3, -0.25) is 0 Å². The van der Waals surface area contributed by atoms with Crippen LogP contribution in [-0.4, -0.2) is 6.04 Å². The molecule has 3 aromatic carbocycles. The fraction of sp³-hybridized carbons (Fsp3) is 0.304. The zero-order valence-corrected chi connectivity index (χ0v) is 16.7. The topological polar surface area (TPSA) is 21.3 Å². The third-order valence-corrected chi connectivity index (χ3v) is 5.91. The molecule has 0 aliphatic heterocycles. The first-order valence-corrected chi connectivity index (χ1v) is 10.3. The summed E-state index contributed by atoms with van der Waals surface area (Å²) in [4.78, 5) is 0. The number of hydrogen-bond acceptors (Lipinski definition) is 2. The Morgan fingerprint density at radius 3 is 2.59 bits per heavy atom. The lowest BCUT2D eigenvalue weighted by Gasteiger charge is -2.18. The molecule has 2 nitrogen and oxygen atoms in total. The summed E-state index contributed by atoms with van der Waals surface area (Å²) in [5.74, 6) is 0.908. The van der Waals surface area contributed by atoms with E-state index in [1.54, 1.807) is 6.07 Å². The molecule has 0 spiro atoms. The van der Waals surface area contributed by atoms with Crippen LogP contribution in [0, 0.1) is 0 Å². The van der Waals surface area contributed by atoms with Crippen molar-refractivity contribution in [3.63, 3.8) is 0 Å². The van der Waals surface area contributed by atoms with Gasteiger partial charge in [0, 0.05) is 33.8 Å². The van der Waals surface area contributed by atoms with E-state index in [0.29, 0.717) is 22.7 Å². The van der Waals surface area contributed by atoms with Crippen molar-refractivity contribution in [3.8, 4) is 5.75 Å². The molecular formula is C23H23Cl2NO. The minimum Gasteiger partial charge on any atom is -0.488 e. The van der Waals surface area contributed by atoms with Gasteiger partial charge in [0.05, 0.1) is 0 Å². The molecule has 1 saturated carbocycles. The number of ether oxygens (including phenoxy) is 1. The number of halogens is 2. The second-order valence-electron chi connectivity index (χ2n) is 7.15. The second-order valence-corrected chi connectivity index (χ2v) is 7.99. The number of nitrogens with one attached hydrogen (secondary N) is 1. The lowest BCUT2D eigenvalue weighted by atomic mass is 10.0. The maximum absolute atomic E-state index is 6.30. The van der Waals surface area contributed by atoms with Gasteiger partial charge in [-0.1, -0.05) is 72.4 Å². The van der Waals surface area contributed by atoms with E-state index in [4.69, 9.17) is 27.9 Å². The minimum absolute atomic E-state index is 0.421. The van der Waals surface area contributed by atoms with Gasteiger partial charge in [0.1, 0.15) is 12.4 Å². The van der Waals surface area contributed by atoms with E-state index in [9.17, 15) is 0 Å². The maximum Gasteiger partial charge on any atom is 0.124 e. The van der Waals surface area contributed by atoms with E-state index in [1.807, 2.05) is 12.1 Å². The molecule has 1 aliphatic rings. The van der Waals surface area contributed by atoms with E-state index in [0.717, 1.165) is 17.9 Å². The maximum atomic E-state index is 6.30. The number of hydrogen-bond donors (Lipinski definition) is 1. The average Bonchev–Trinajstić information content (AvgIpc) is 3.19. The largest absolute Gasteiger partial charge is 0.488 e. The molecule has 0 aromatic heterocycles. The molecule has 3 aromatic rings. The highest BCUT2D eigenvalue weighted by Crippen LogP contribution is 2.30. The molecule has 0 bridgehead atoms. The van der Waals surface area contributed by atoms with Gasteiger partial charge in [0.25, 0.3) is 0 Å². The summed E-state index contributed by atoms with van der Waals surface area (Å²) >= 11 is 12.3. The van der Waals surface area contributed by atoms with Gasteiger partial charge in [-0.25, -0.2) is 0 Å². The first-order chi connectivity index (χ1) is 13.2. The quantitative estimate of drug-likeness (QED) is 0.494. The van der Waals surface area contributed by atoms with Crippen LogP contribution in [0.25, 0.3) is 10.8 Å². The fourth-order valence-corrected chi connectivity index (χ4v) is 4.27. The smallest absolute Gasteiger partial charge is 0.124 e. The molecule has 0 amide bonds. The van der Waals surface area contributed by atoms with Crippen LogP contribution in [0.5, 0.6) is 5.75 Å². The summed E-state index contributed by atoms with van der Waals surface area (Å²) in [6.07, 6.45) is 5.18. The second kappa shape index (κ2) is 8.52. The third kappa shape index (κ3) is 4.40. The molecular weight excluding hydrogens is 377 g/mol. The lowest BCUT2D eigenvalue weighted by molar-refractivity contribution is 0.302. The molecule has 0 saturated heterocycles. The molecule has 0 heterocycles. The highest BCUT2D eigenvalue weighted by molar-refractivity contribution is 6.35. The molecule has 0 unspecified atom stereocenters. The Kier molecular flexibility index (Phi) is 5.87. The predicted octanol–water partition coefficient (Wildman–Crippen LogP) is 6.76. The van der Waals surface area contributed by atoms with Gasteiger partial charge < -0.3 is 10.1 Å². The van der Waals surface area contributed by atoms with Crippen molar-refractivity contribution in [2.24, 2.45) is 0 Å². The Hall–Kier alpha value is -1.74. The van der Waals surface area contributed by atoms with Crippen LogP contribution in [0.15, 0.2) is 54.6 Å². The van der Waals surface area contributed by atoms with Crippen molar-refractivity contribution < 1.29 is 4.74 Å². The van der Waals surface area contributed by atoms with E-state index in [-0.39, 0.29) is 0 Å². The Labute approximate surface area is 170 Å². The number of benzene rings is 3. The lowest BCUT2D eigenvalue weighted by Crippen LogP contribution is -2.25. The van der Waals surface area contributed by atoms with Crippen LogP contribution >= 0.6 is 23.2 Å². The Morgan fingerprint density at radius 1 is 0.963 bits per heavy atom. The molecule has 0 radical (unpaired) electrons. The monoisotopic (exact) mass is 399 g/mol. The average molecular weight is 400 g/mol. The molecule has 4 rings (SSSR count). The molecule has 0 atom stereocenters. The Balaban J connectivity index is 1.59. The van der Waals surface area contributed by atoms with Crippen molar-refractivity contribution in [3.05, 3.63) is 75.8 Å². The van der Waals surface area contributed by atoms with Crippen molar-refractivity contribution in [1.29, 1.82) is 0 Å². The Bertz CT molecular complexity index is 935. The molecule has 27 heavy (non-hydrogen) atoms. The van der Waals surface area contributed by atoms with E-state index < -0.39 is 0 Å². The molecule has 1 N–H and O–H groups in total. The van der Waals surface area contributed by atoms with Crippen LogP contribution in [0.3, 0.4) is 0 Å². The first-order valence-electron chi connectivity index (χ1n) is 9.51. The van der Waals surface area contributed by atoms with Gasteiger partial charge in [0.15, 0.2) is 0 Å². The van der Waals surface area contributed by atoms with Crippen molar-refractivity contribution in [2.45, 2.75) is 44.9 Å². The van der Waals surface area contributed by atoms with Crippen molar-refractivity contribution >= 4 is 34.0 Å². The van der Waals surface area contributed by atoms with Crippen molar-refractivity contribution in [2.75, 3.05) is 0 Å². The van der Waals surface area contributed by atoms with E-state index in [1.165, 1.54) is 42.0 Å². The Morgan fingerprint density at radius 2 is 1.78 bits per heavy atom. The van der Waals surface area contributed by atoms with Crippen LogP contribution in [-0.2, 0) is 13.2 Å². The van der Waals surface area contributed by atoms with Gasteiger partial charge in [-0.2, -0.15) is 0 Å². The third-order valence-electron chi connectivity index (χ3n) is 5.32. The van der Waals surface area contributed by atoms with Crippen LogP contribution < -0.4 is 10.1 Å². The normalized spacial score (nSPS) is 14.7. The van der Waals surface area contributed by atoms with Crippen LogP contribution in [0.1, 0.15) is 36.8 Å². The molecule has 1 fully saturated rings. The van der Waals surface area contributed by atoms with Gasteiger partial charge in [-0.05, 0) is 41.8 Å². The number of rotatable bonds is 6. The zero-order valence-electron chi connectivity index (χ0n) is 15.2. The molecule has 140 valence electrons. The SMILES string of the molecule is Clc1ccc(COc2ccc3ccccc3c2CNC2CCCC2)c(Cl)c1. The van der Waals surface area contributed by atoms with Crippen LogP contribution in [0.4, 0.5) is 0 Å². The van der Waals surface area contributed by atoms with Crippen LogP contribution in [0.2, 0.25) is 10.0 Å². The summed E-state index contributed by atoms with van der Waals surface area (Å²) in [6, 6.07) is 18.8. The zero-order chi connectivity index (χ0) is 18.6. The minimum atomic E-state index is 0.421. The first kappa shape index (κ1) is 18.6. The van der Waals surface area contributed by atoms with Gasteiger partial charge in [-0.15, -0.1) is 0 Å². The summed E-state index contributed by atoms with van der Waals surface area (Å²) in [7, 11) is 0. The summed E-state index contributed by atoms with van der Waals surface area (Å²) in [6.45, 7) is 1.24. The van der Waals surface area contributed by atoms with Gasteiger partial charge in [0.2, 0.25) is 0 Å². The molecule has 4 heteroatoms.